The van der Waals surface area contributed by atoms with Crippen LogP contribution in [0.5, 0.6) is 0 Å². The van der Waals surface area contributed by atoms with E-state index < -0.39 is 6.10 Å². The van der Waals surface area contributed by atoms with E-state index >= 15 is 0 Å². The first-order valence-electron chi connectivity index (χ1n) is 8.83. The fourth-order valence-electron chi connectivity index (χ4n) is 2.69. The van der Waals surface area contributed by atoms with Crippen LogP contribution in [-0.4, -0.2) is 64.6 Å². The van der Waals surface area contributed by atoms with E-state index in [4.69, 9.17) is 21.4 Å². The maximum Gasteiger partial charge on any atom is 0.410 e. The van der Waals surface area contributed by atoms with E-state index in [1.807, 2.05) is 24.3 Å². The molecular weight excluding hydrogens is 374 g/mol. The average Bonchev–Trinajstić information content (AvgIpc) is 2.96. The summed E-state index contributed by atoms with van der Waals surface area (Å²) in [6.07, 6.45) is 4.88. The Bertz CT molecular complexity index is 599. The predicted octanol–water partition coefficient (Wildman–Crippen LogP) is 3.13. The molecule has 1 aromatic rings. The number of unbranched alkanes of at least 4 members (excludes halogenated alkanes) is 1. The van der Waals surface area contributed by atoms with E-state index in [0.29, 0.717) is 24.6 Å². The first-order chi connectivity index (χ1) is 12.6. The van der Waals surface area contributed by atoms with Crippen LogP contribution in [-0.2, 0) is 11.2 Å². The van der Waals surface area contributed by atoms with Crippen LogP contribution in [0.2, 0.25) is 5.02 Å². The molecule has 1 aliphatic heterocycles. The van der Waals surface area contributed by atoms with Crippen LogP contribution in [0.3, 0.4) is 0 Å². The molecule has 1 aromatic carbocycles. The van der Waals surface area contributed by atoms with Crippen molar-refractivity contribution in [2.75, 3.05) is 31.3 Å². The molecule has 0 spiro atoms. The van der Waals surface area contributed by atoms with E-state index in [2.05, 4.69) is 0 Å². The third-order valence-electron chi connectivity index (χ3n) is 4.08. The number of nitrogens with zero attached hydrogens (tertiary/aromatic N) is 1. The van der Waals surface area contributed by atoms with Crippen LogP contribution in [0.25, 0.3) is 0 Å². The Morgan fingerprint density at radius 3 is 3.00 bits per heavy atom. The van der Waals surface area contributed by atoms with Gasteiger partial charge in [0.2, 0.25) is 0 Å². The molecule has 1 aliphatic rings. The van der Waals surface area contributed by atoms with E-state index in [9.17, 15) is 9.90 Å². The van der Waals surface area contributed by atoms with Crippen molar-refractivity contribution in [2.45, 2.75) is 31.4 Å². The Labute approximate surface area is 164 Å². The van der Waals surface area contributed by atoms with Gasteiger partial charge >= 0.3 is 6.09 Å². The van der Waals surface area contributed by atoms with Gasteiger partial charge in [-0.2, -0.15) is 11.8 Å². The molecule has 1 amide bonds. The standard InChI is InChI=1S/C19H26ClNO4S/c20-16-5-3-4-15(12-16)13-18(23)7-6-17-14-25-19(24)21(17)8-11-26-10-2-1-9-22/h3-7,12,17-18,22-23H,1-2,8-11,13-14H2/b7-6+/t17-,18+/m0/s1. The second kappa shape index (κ2) is 11.5. The number of hydrogen-bond donors (Lipinski definition) is 2. The summed E-state index contributed by atoms with van der Waals surface area (Å²) in [6, 6.07) is 7.27. The van der Waals surface area contributed by atoms with Crippen LogP contribution in [0.4, 0.5) is 4.79 Å². The van der Waals surface area contributed by atoms with Crippen molar-refractivity contribution in [2.24, 2.45) is 0 Å². The third kappa shape index (κ3) is 7.19. The largest absolute Gasteiger partial charge is 0.447 e. The number of ether oxygens (including phenoxy) is 1. The quantitative estimate of drug-likeness (QED) is 0.442. The molecule has 144 valence electrons. The number of thioether (sulfide) groups is 1. The topological polar surface area (TPSA) is 70.0 Å². The van der Waals surface area contributed by atoms with Gasteiger partial charge in [0.05, 0.1) is 12.1 Å². The van der Waals surface area contributed by atoms with E-state index in [1.54, 1.807) is 28.8 Å². The molecule has 0 radical (unpaired) electrons. The Morgan fingerprint density at radius 1 is 1.38 bits per heavy atom. The van der Waals surface area contributed by atoms with Crippen LogP contribution < -0.4 is 0 Å². The van der Waals surface area contributed by atoms with Crippen molar-refractivity contribution in [3.05, 3.63) is 47.0 Å². The maximum absolute atomic E-state index is 11.9. The predicted molar refractivity (Wildman–Crippen MR) is 106 cm³/mol. The summed E-state index contributed by atoms with van der Waals surface area (Å²) >= 11 is 7.72. The second-order valence-corrected chi connectivity index (χ2v) is 7.83. The molecule has 26 heavy (non-hydrogen) atoms. The third-order valence-corrected chi connectivity index (χ3v) is 5.36. The molecule has 7 heteroatoms. The Kier molecular flexibility index (Phi) is 9.32. The molecule has 1 heterocycles. The first-order valence-corrected chi connectivity index (χ1v) is 10.4. The molecule has 5 nitrogen and oxygen atoms in total. The normalized spacial score (nSPS) is 18.5. The van der Waals surface area contributed by atoms with Crippen molar-refractivity contribution in [3.8, 4) is 0 Å². The number of carbonyl (C=O) groups excluding carboxylic acids is 1. The number of aliphatic hydroxyl groups excluding tert-OH is 2. The van der Waals surface area contributed by atoms with Gasteiger partial charge in [-0.25, -0.2) is 4.79 Å². The van der Waals surface area contributed by atoms with Crippen molar-refractivity contribution in [1.82, 2.24) is 4.90 Å². The Morgan fingerprint density at radius 2 is 2.23 bits per heavy atom. The number of amides is 1. The lowest BCUT2D eigenvalue weighted by molar-refractivity contribution is 0.159. The molecule has 1 saturated heterocycles. The summed E-state index contributed by atoms with van der Waals surface area (Å²) in [5.74, 6) is 1.80. The SMILES string of the molecule is O=C1OC[C@H](/C=C/[C@@H](O)Cc2cccc(Cl)c2)N1CCSCCCCO. The van der Waals surface area contributed by atoms with Gasteiger partial charge in [0, 0.05) is 30.3 Å². The molecule has 1 fully saturated rings. The van der Waals surface area contributed by atoms with Crippen molar-refractivity contribution in [1.29, 1.82) is 0 Å². The van der Waals surface area contributed by atoms with E-state index in [0.717, 1.165) is 29.9 Å². The van der Waals surface area contributed by atoms with Crippen LogP contribution >= 0.6 is 23.4 Å². The summed E-state index contributed by atoms with van der Waals surface area (Å²) in [4.78, 5) is 13.6. The highest BCUT2D eigenvalue weighted by Gasteiger charge is 2.30. The smallest absolute Gasteiger partial charge is 0.410 e. The zero-order valence-electron chi connectivity index (χ0n) is 14.7. The number of hydrogen-bond acceptors (Lipinski definition) is 5. The van der Waals surface area contributed by atoms with Gasteiger partial charge in [-0.3, -0.25) is 4.90 Å². The second-order valence-electron chi connectivity index (χ2n) is 6.17. The zero-order chi connectivity index (χ0) is 18.8. The van der Waals surface area contributed by atoms with Crippen LogP contribution in [0.1, 0.15) is 18.4 Å². The fourth-order valence-corrected chi connectivity index (χ4v) is 3.84. The first kappa shape index (κ1) is 21.1. The van der Waals surface area contributed by atoms with Gasteiger partial charge in [0.1, 0.15) is 6.61 Å². The summed E-state index contributed by atoms with van der Waals surface area (Å²) < 4.78 is 5.13. The molecule has 0 aromatic heterocycles. The molecule has 0 unspecified atom stereocenters. The lowest BCUT2D eigenvalue weighted by atomic mass is 10.1. The summed E-state index contributed by atoms with van der Waals surface area (Å²) in [5, 5.41) is 19.6. The molecular formula is C19H26ClNO4S. The number of carbonyl (C=O) groups is 1. The minimum atomic E-state index is -0.640. The maximum atomic E-state index is 11.9. The van der Waals surface area contributed by atoms with E-state index in [1.165, 1.54) is 0 Å². The Hall–Kier alpha value is -1.21. The van der Waals surface area contributed by atoms with Gasteiger partial charge < -0.3 is 14.9 Å². The van der Waals surface area contributed by atoms with Crippen LogP contribution in [0, 0.1) is 0 Å². The van der Waals surface area contributed by atoms with Gasteiger partial charge in [-0.15, -0.1) is 0 Å². The number of benzene rings is 1. The molecule has 0 bridgehead atoms. The summed E-state index contributed by atoms with van der Waals surface area (Å²) in [7, 11) is 0. The summed E-state index contributed by atoms with van der Waals surface area (Å²) in [5.41, 5.74) is 0.963. The highest BCUT2D eigenvalue weighted by molar-refractivity contribution is 7.99. The summed E-state index contributed by atoms with van der Waals surface area (Å²) in [6.45, 7) is 1.15. The number of aliphatic hydroxyl groups is 2. The molecule has 0 aliphatic carbocycles. The van der Waals surface area contributed by atoms with Gasteiger partial charge in [-0.1, -0.05) is 35.9 Å². The minimum Gasteiger partial charge on any atom is -0.447 e. The zero-order valence-corrected chi connectivity index (χ0v) is 16.3. The number of rotatable bonds is 11. The van der Waals surface area contributed by atoms with Crippen molar-refractivity contribution >= 4 is 29.5 Å². The monoisotopic (exact) mass is 399 g/mol. The lowest BCUT2D eigenvalue weighted by Crippen LogP contribution is -2.34. The van der Waals surface area contributed by atoms with Crippen LogP contribution in [0.15, 0.2) is 36.4 Å². The molecule has 0 saturated carbocycles. The minimum absolute atomic E-state index is 0.144. The average molecular weight is 400 g/mol. The number of halogens is 1. The Balaban J connectivity index is 1.78. The molecule has 2 rings (SSSR count). The van der Waals surface area contributed by atoms with Gasteiger partial charge in [0.15, 0.2) is 0 Å². The number of cyclic esters (lactones) is 1. The van der Waals surface area contributed by atoms with Crippen molar-refractivity contribution < 1.29 is 19.7 Å². The highest BCUT2D eigenvalue weighted by atomic mass is 35.5. The molecule has 2 N–H and O–H groups in total. The fraction of sp³-hybridized carbons (Fsp3) is 0.526. The van der Waals surface area contributed by atoms with E-state index in [-0.39, 0.29) is 18.7 Å². The van der Waals surface area contributed by atoms with Crippen molar-refractivity contribution in [3.63, 3.8) is 0 Å². The molecule has 2 atom stereocenters. The highest BCUT2D eigenvalue weighted by Crippen LogP contribution is 2.17. The van der Waals surface area contributed by atoms with Gasteiger partial charge in [-0.05, 0) is 36.3 Å². The van der Waals surface area contributed by atoms with Gasteiger partial charge in [0.25, 0.3) is 0 Å². The lowest BCUT2D eigenvalue weighted by Gasteiger charge is -2.18.